The van der Waals surface area contributed by atoms with Crippen LogP contribution >= 0.6 is 22.6 Å². The van der Waals surface area contributed by atoms with E-state index < -0.39 is 15.8 Å². The Balaban J connectivity index is 0.000000168. The summed E-state index contributed by atoms with van der Waals surface area (Å²) in [6, 6.07) is 6.92. The van der Waals surface area contributed by atoms with Crippen molar-refractivity contribution in [3.05, 3.63) is 51.3 Å². The molecule has 3 rings (SSSR count). The van der Waals surface area contributed by atoms with Crippen molar-refractivity contribution in [3.8, 4) is 0 Å². The molecule has 0 atom stereocenters. The minimum absolute atomic E-state index is 0.0781. The summed E-state index contributed by atoms with van der Waals surface area (Å²) in [5.74, 6) is -0.0570. The van der Waals surface area contributed by atoms with Crippen molar-refractivity contribution in [2.45, 2.75) is 24.2 Å². The van der Waals surface area contributed by atoms with Gasteiger partial charge in [-0.25, -0.2) is 8.42 Å². The first-order valence-corrected chi connectivity index (χ1v) is 9.84. The summed E-state index contributed by atoms with van der Waals surface area (Å²) >= 11 is 2.01. The number of rotatable bonds is 1. The normalized spacial score (nSPS) is 17.1. The van der Waals surface area contributed by atoms with Crippen LogP contribution in [0.3, 0.4) is 0 Å². The summed E-state index contributed by atoms with van der Waals surface area (Å²) in [6.45, 7) is 0. The van der Waals surface area contributed by atoms with Gasteiger partial charge in [0.1, 0.15) is 12.2 Å². The van der Waals surface area contributed by atoms with E-state index in [4.69, 9.17) is 4.74 Å². The molecular formula is C16H15IO5S. The molecule has 1 aromatic rings. The average molecular weight is 446 g/mol. The molecule has 1 heterocycles. The summed E-state index contributed by atoms with van der Waals surface area (Å²) in [4.78, 5) is 22.5. The van der Waals surface area contributed by atoms with Gasteiger partial charge in [0.2, 0.25) is 0 Å². The van der Waals surface area contributed by atoms with E-state index in [9.17, 15) is 18.0 Å². The number of carbonyl (C=O) groups excluding carboxylic acids is 2. The van der Waals surface area contributed by atoms with Gasteiger partial charge in [-0.05, 0) is 53.6 Å². The molecule has 0 saturated heterocycles. The second kappa shape index (κ2) is 7.39. The van der Waals surface area contributed by atoms with Crippen LogP contribution in [0.2, 0.25) is 0 Å². The third-order valence-corrected chi connectivity index (χ3v) is 5.69. The molecule has 0 amide bonds. The number of halogens is 1. The molecule has 0 radical (unpaired) electrons. The van der Waals surface area contributed by atoms with Crippen LogP contribution in [0.5, 0.6) is 0 Å². The van der Waals surface area contributed by atoms with Crippen LogP contribution in [-0.2, 0) is 24.2 Å². The number of Topliss-reactive ketones (excluding diaryl/α,β-unsaturated/α-hetero) is 1. The van der Waals surface area contributed by atoms with Crippen molar-refractivity contribution in [2.75, 3.05) is 6.26 Å². The Bertz CT molecular complexity index is 806. The molecule has 0 saturated carbocycles. The van der Waals surface area contributed by atoms with Crippen LogP contribution in [0, 0.1) is 3.57 Å². The van der Waals surface area contributed by atoms with Crippen molar-refractivity contribution >= 4 is 44.2 Å². The number of sulfone groups is 1. The lowest BCUT2D eigenvalue weighted by atomic mass is 9.96. The Morgan fingerprint density at radius 1 is 1.17 bits per heavy atom. The van der Waals surface area contributed by atoms with Gasteiger partial charge in [-0.2, -0.15) is 0 Å². The molecule has 23 heavy (non-hydrogen) atoms. The van der Waals surface area contributed by atoms with Gasteiger partial charge >= 0.3 is 5.97 Å². The number of hydrogen-bond donors (Lipinski definition) is 0. The number of esters is 1. The van der Waals surface area contributed by atoms with Gasteiger partial charge in [0, 0.05) is 15.4 Å². The van der Waals surface area contributed by atoms with E-state index in [1.807, 2.05) is 34.7 Å². The molecule has 0 bridgehead atoms. The van der Waals surface area contributed by atoms with Crippen LogP contribution in [-0.4, -0.2) is 26.4 Å². The molecule has 7 heteroatoms. The monoisotopic (exact) mass is 446 g/mol. The lowest BCUT2D eigenvalue weighted by Gasteiger charge is -2.18. The summed E-state index contributed by atoms with van der Waals surface area (Å²) in [7, 11) is -3.04. The van der Waals surface area contributed by atoms with Crippen molar-refractivity contribution in [1.82, 2.24) is 0 Å². The number of ether oxygens (including phenoxy) is 1. The Morgan fingerprint density at radius 2 is 1.87 bits per heavy atom. The standard InChI is InChI=1S/C9H8O3.C7H7IO2S/c10-7-5-9(11)12-8-4-2-1-3-6(7)8;1-11(9,10)7-5-3-2-4-6(7)8/h2,4H,1,3,5H2;2-5H,1H3. The minimum atomic E-state index is -3.04. The largest absolute Gasteiger partial charge is 0.426 e. The molecule has 0 N–H and O–H groups in total. The molecule has 0 fully saturated rings. The predicted molar refractivity (Wildman–Crippen MR) is 93.4 cm³/mol. The fourth-order valence-electron chi connectivity index (χ4n) is 2.16. The zero-order valence-corrected chi connectivity index (χ0v) is 15.4. The van der Waals surface area contributed by atoms with Crippen molar-refractivity contribution < 1.29 is 22.7 Å². The molecular weight excluding hydrogens is 431 g/mol. The maximum Gasteiger partial charge on any atom is 0.319 e. The number of carbonyl (C=O) groups is 2. The second-order valence-electron chi connectivity index (χ2n) is 5.06. The van der Waals surface area contributed by atoms with E-state index in [1.54, 1.807) is 24.3 Å². The summed E-state index contributed by atoms with van der Waals surface area (Å²) in [5.41, 5.74) is 0.678. The van der Waals surface area contributed by atoms with Crippen molar-refractivity contribution in [2.24, 2.45) is 0 Å². The first-order valence-electron chi connectivity index (χ1n) is 6.87. The van der Waals surface area contributed by atoms with E-state index in [0.717, 1.165) is 9.99 Å². The van der Waals surface area contributed by atoms with E-state index >= 15 is 0 Å². The van der Waals surface area contributed by atoms with E-state index in [2.05, 4.69) is 0 Å². The lowest BCUT2D eigenvalue weighted by Crippen LogP contribution is -2.21. The van der Waals surface area contributed by atoms with Gasteiger partial charge in [-0.1, -0.05) is 18.2 Å². The van der Waals surface area contributed by atoms with E-state index in [0.29, 0.717) is 22.6 Å². The third kappa shape index (κ3) is 4.74. The summed E-state index contributed by atoms with van der Waals surface area (Å²) in [5, 5.41) is 0. The summed E-state index contributed by atoms with van der Waals surface area (Å²) < 4.78 is 27.8. The van der Waals surface area contributed by atoms with Crippen LogP contribution in [0.25, 0.3) is 0 Å². The fraction of sp³-hybridized carbons (Fsp3) is 0.250. The van der Waals surface area contributed by atoms with Gasteiger partial charge in [-0.15, -0.1) is 0 Å². The molecule has 122 valence electrons. The van der Waals surface area contributed by atoms with Crippen molar-refractivity contribution in [1.29, 1.82) is 0 Å². The number of allylic oxidation sites excluding steroid dienone is 3. The number of ketones is 1. The topological polar surface area (TPSA) is 77.5 Å². The maximum absolute atomic E-state index is 11.2. The van der Waals surface area contributed by atoms with Crippen LogP contribution in [0.4, 0.5) is 0 Å². The Labute approximate surface area is 148 Å². The number of benzene rings is 1. The smallest absolute Gasteiger partial charge is 0.319 e. The third-order valence-electron chi connectivity index (χ3n) is 3.23. The van der Waals surface area contributed by atoms with Gasteiger partial charge in [0.05, 0.1) is 4.90 Å². The zero-order chi connectivity index (χ0) is 17.0. The highest BCUT2D eigenvalue weighted by Crippen LogP contribution is 2.25. The molecule has 0 spiro atoms. The molecule has 1 aliphatic heterocycles. The SMILES string of the molecule is CS(=O)(=O)c1ccccc1I.O=C1CC(=O)C2=C(C=CCC2)O1. The zero-order valence-electron chi connectivity index (χ0n) is 12.4. The summed E-state index contributed by atoms with van der Waals surface area (Å²) in [6.07, 6.45) is 6.30. The quantitative estimate of drug-likeness (QED) is 0.377. The van der Waals surface area contributed by atoms with Gasteiger partial charge in [-0.3, -0.25) is 9.59 Å². The molecule has 1 aromatic carbocycles. The van der Waals surface area contributed by atoms with Crippen LogP contribution in [0.15, 0.2) is 52.6 Å². The van der Waals surface area contributed by atoms with Gasteiger partial charge < -0.3 is 4.74 Å². The van der Waals surface area contributed by atoms with E-state index in [-0.39, 0.29) is 12.2 Å². The highest BCUT2D eigenvalue weighted by molar-refractivity contribution is 14.1. The van der Waals surface area contributed by atoms with Crippen LogP contribution in [0.1, 0.15) is 19.3 Å². The Morgan fingerprint density at radius 3 is 2.48 bits per heavy atom. The molecule has 0 unspecified atom stereocenters. The molecule has 0 aromatic heterocycles. The van der Waals surface area contributed by atoms with E-state index in [1.165, 1.54) is 6.26 Å². The Hall–Kier alpha value is -1.48. The molecule has 1 aliphatic carbocycles. The lowest BCUT2D eigenvalue weighted by molar-refractivity contribution is -0.143. The predicted octanol–water partition coefficient (Wildman–Crippen LogP) is 2.80. The first kappa shape index (κ1) is 17.9. The second-order valence-corrected chi connectivity index (χ2v) is 8.21. The van der Waals surface area contributed by atoms with Gasteiger partial charge in [0.15, 0.2) is 15.6 Å². The first-order chi connectivity index (χ1) is 10.8. The average Bonchev–Trinajstić information content (AvgIpc) is 2.47. The van der Waals surface area contributed by atoms with Crippen molar-refractivity contribution in [3.63, 3.8) is 0 Å². The molecule has 2 aliphatic rings. The fourth-order valence-corrected chi connectivity index (χ4v) is 4.49. The highest BCUT2D eigenvalue weighted by Gasteiger charge is 2.26. The number of hydrogen-bond acceptors (Lipinski definition) is 5. The van der Waals surface area contributed by atoms with Gasteiger partial charge in [0.25, 0.3) is 0 Å². The maximum atomic E-state index is 11.2. The van der Waals surface area contributed by atoms with Crippen LogP contribution < -0.4 is 0 Å². The molecule has 5 nitrogen and oxygen atoms in total. The highest BCUT2D eigenvalue weighted by atomic mass is 127. The Kier molecular flexibility index (Phi) is 5.74. The minimum Gasteiger partial charge on any atom is -0.426 e.